The molecule has 1 saturated heterocycles. The largest absolute Gasteiger partial charge is 0.338 e. The second-order valence-corrected chi connectivity index (χ2v) is 5.66. The van der Waals surface area contributed by atoms with Crippen LogP contribution in [0.2, 0.25) is 5.02 Å². The number of amides is 1. The Balaban J connectivity index is 1.47. The summed E-state index contributed by atoms with van der Waals surface area (Å²) in [7, 11) is 0. The smallest absolute Gasteiger partial charge is 0.239 e. The summed E-state index contributed by atoms with van der Waals surface area (Å²) in [4.78, 5) is 28.8. The third kappa shape index (κ3) is 4.37. The Morgan fingerprint density at radius 3 is 2.52 bits per heavy atom. The van der Waals surface area contributed by atoms with Crippen LogP contribution in [-0.2, 0) is 4.79 Å². The molecule has 0 aliphatic carbocycles. The number of pyridine rings is 1. The van der Waals surface area contributed by atoms with E-state index in [1.54, 1.807) is 30.6 Å². The molecule has 1 fully saturated rings. The van der Waals surface area contributed by atoms with E-state index in [-0.39, 0.29) is 5.91 Å². The van der Waals surface area contributed by atoms with E-state index in [1.807, 2.05) is 0 Å². The van der Waals surface area contributed by atoms with Crippen LogP contribution < -0.4 is 10.2 Å². The summed E-state index contributed by atoms with van der Waals surface area (Å²) in [6, 6.07) is 5.18. The van der Waals surface area contributed by atoms with Crippen LogP contribution in [0.3, 0.4) is 0 Å². The molecule has 0 atom stereocenters. The minimum absolute atomic E-state index is 0.0794. The summed E-state index contributed by atoms with van der Waals surface area (Å²) in [6.45, 7) is 3.53. The summed E-state index contributed by atoms with van der Waals surface area (Å²) >= 11 is 5.77. The first-order valence-corrected chi connectivity index (χ1v) is 7.74. The lowest BCUT2D eigenvalue weighted by Crippen LogP contribution is -2.49. The standard InChI is InChI=1S/C15H17ClN6O/c16-12-2-3-13(19-10-12)20-14(23)11-21-6-8-22(9-7-21)15-17-4-1-5-18-15/h1-5,10H,6-9,11H2,(H,19,20,23). The summed E-state index contributed by atoms with van der Waals surface area (Å²) < 4.78 is 0. The minimum atomic E-state index is -0.0794. The Morgan fingerprint density at radius 2 is 1.87 bits per heavy atom. The average Bonchev–Trinajstić information content (AvgIpc) is 2.58. The maximum absolute atomic E-state index is 12.1. The zero-order valence-electron chi connectivity index (χ0n) is 12.5. The number of hydrogen-bond acceptors (Lipinski definition) is 6. The SMILES string of the molecule is O=C(CN1CCN(c2ncccn2)CC1)Nc1ccc(Cl)cn1. The van der Waals surface area contributed by atoms with Crippen molar-refractivity contribution in [2.45, 2.75) is 0 Å². The molecular weight excluding hydrogens is 316 g/mol. The Labute approximate surface area is 139 Å². The third-order valence-corrected chi connectivity index (χ3v) is 3.79. The predicted octanol–water partition coefficient (Wildman–Crippen LogP) is 1.29. The molecule has 2 aromatic heterocycles. The van der Waals surface area contributed by atoms with Crippen molar-refractivity contribution >= 4 is 29.3 Å². The number of carbonyl (C=O) groups excluding carboxylic acids is 1. The van der Waals surface area contributed by atoms with E-state index in [9.17, 15) is 4.79 Å². The van der Waals surface area contributed by atoms with Crippen molar-refractivity contribution in [2.24, 2.45) is 0 Å². The van der Waals surface area contributed by atoms with Gasteiger partial charge in [-0.15, -0.1) is 0 Å². The van der Waals surface area contributed by atoms with E-state index in [0.29, 0.717) is 17.4 Å². The van der Waals surface area contributed by atoms with Crippen LogP contribution in [0.15, 0.2) is 36.8 Å². The maximum Gasteiger partial charge on any atom is 0.239 e. The predicted molar refractivity (Wildman–Crippen MR) is 88.6 cm³/mol. The van der Waals surface area contributed by atoms with Gasteiger partial charge in [0, 0.05) is 44.8 Å². The van der Waals surface area contributed by atoms with Crippen LogP contribution in [0, 0.1) is 0 Å². The molecule has 8 heteroatoms. The number of carbonyl (C=O) groups is 1. The van der Waals surface area contributed by atoms with E-state index in [2.05, 4.69) is 30.1 Å². The van der Waals surface area contributed by atoms with Crippen LogP contribution in [0.4, 0.5) is 11.8 Å². The highest BCUT2D eigenvalue weighted by Gasteiger charge is 2.20. The van der Waals surface area contributed by atoms with Gasteiger partial charge in [0.05, 0.1) is 11.6 Å². The highest BCUT2D eigenvalue weighted by Crippen LogP contribution is 2.11. The first kappa shape index (κ1) is 15.6. The lowest BCUT2D eigenvalue weighted by molar-refractivity contribution is -0.117. The first-order valence-electron chi connectivity index (χ1n) is 7.36. The van der Waals surface area contributed by atoms with Crippen molar-refractivity contribution in [1.29, 1.82) is 0 Å². The zero-order chi connectivity index (χ0) is 16.1. The summed E-state index contributed by atoms with van der Waals surface area (Å²) in [5.41, 5.74) is 0. The number of nitrogens with one attached hydrogen (secondary N) is 1. The molecule has 3 rings (SSSR count). The number of halogens is 1. The molecular formula is C15H17ClN6O. The summed E-state index contributed by atoms with van der Waals surface area (Å²) in [6.07, 6.45) is 4.98. The van der Waals surface area contributed by atoms with Crippen molar-refractivity contribution in [1.82, 2.24) is 19.9 Å². The van der Waals surface area contributed by atoms with Gasteiger partial charge in [0.2, 0.25) is 11.9 Å². The molecule has 120 valence electrons. The van der Waals surface area contributed by atoms with Gasteiger partial charge in [0.1, 0.15) is 5.82 Å². The lowest BCUT2D eigenvalue weighted by atomic mass is 10.3. The molecule has 0 spiro atoms. The Hall–Kier alpha value is -2.25. The third-order valence-electron chi connectivity index (χ3n) is 3.57. The Morgan fingerprint density at radius 1 is 1.13 bits per heavy atom. The molecule has 1 aliphatic rings. The van der Waals surface area contributed by atoms with Crippen molar-refractivity contribution in [3.05, 3.63) is 41.8 Å². The molecule has 1 amide bonds. The Kier molecular flexibility index (Phi) is 4.99. The first-order chi connectivity index (χ1) is 11.2. The molecule has 3 heterocycles. The number of nitrogens with zero attached hydrogens (tertiary/aromatic N) is 5. The number of piperazine rings is 1. The van der Waals surface area contributed by atoms with E-state index in [1.165, 1.54) is 6.20 Å². The van der Waals surface area contributed by atoms with E-state index >= 15 is 0 Å². The van der Waals surface area contributed by atoms with Crippen molar-refractivity contribution in [3.63, 3.8) is 0 Å². The van der Waals surface area contributed by atoms with Gasteiger partial charge < -0.3 is 10.2 Å². The molecule has 2 aromatic rings. The number of aromatic nitrogens is 3. The minimum Gasteiger partial charge on any atom is -0.338 e. The van der Waals surface area contributed by atoms with Crippen molar-refractivity contribution < 1.29 is 4.79 Å². The quantitative estimate of drug-likeness (QED) is 0.909. The van der Waals surface area contributed by atoms with Gasteiger partial charge in [-0.25, -0.2) is 15.0 Å². The van der Waals surface area contributed by atoms with Gasteiger partial charge in [-0.05, 0) is 18.2 Å². The molecule has 7 nitrogen and oxygen atoms in total. The molecule has 1 aliphatic heterocycles. The molecule has 0 aromatic carbocycles. The second kappa shape index (κ2) is 7.34. The van der Waals surface area contributed by atoms with Crippen LogP contribution in [0.25, 0.3) is 0 Å². The normalized spacial score (nSPS) is 15.4. The molecule has 0 bridgehead atoms. The molecule has 0 saturated carbocycles. The molecule has 1 N–H and O–H groups in total. The van der Waals surface area contributed by atoms with E-state index in [0.717, 1.165) is 32.1 Å². The number of rotatable bonds is 4. The topological polar surface area (TPSA) is 74.2 Å². The molecule has 23 heavy (non-hydrogen) atoms. The zero-order valence-corrected chi connectivity index (χ0v) is 13.3. The van der Waals surface area contributed by atoms with Crippen molar-refractivity contribution in [2.75, 3.05) is 42.9 Å². The van der Waals surface area contributed by atoms with Crippen molar-refractivity contribution in [3.8, 4) is 0 Å². The van der Waals surface area contributed by atoms with Crippen LogP contribution in [0.1, 0.15) is 0 Å². The van der Waals surface area contributed by atoms with Gasteiger partial charge in [-0.3, -0.25) is 9.69 Å². The van der Waals surface area contributed by atoms with Gasteiger partial charge in [-0.2, -0.15) is 0 Å². The van der Waals surface area contributed by atoms with Crippen LogP contribution in [-0.4, -0.2) is 58.5 Å². The van der Waals surface area contributed by atoms with Crippen LogP contribution in [0.5, 0.6) is 0 Å². The number of hydrogen-bond donors (Lipinski definition) is 1. The molecule has 0 unspecified atom stereocenters. The van der Waals surface area contributed by atoms with Crippen LogP contribution >= 0.6 is 11.6 Å². The van der Waals surface area contributed by atoms with Gasteiger partial charge in [0.25, 0.3) is 0 Å². The fraction of sp³-hybridized carbons (Fsp3) is 0.333. The summed E-state index contributed by atoms with van der Waals surface area (Å²) in [5, 5.41) is 3.31. The fourth-order valence-corrected chi connectivity index (χ4v) is 2.51. The summed E-state index contributed by atoms with van der Waals surface area (Å²) in [5.74, 6) is 1.17. The van der Waals surface area contributed by atoms with E-state index < -0.39 is 0 Å². The van der Waals surface area contributed by atoms with Gasteiger partial charge >= 0.3 is 0 Å². The fourth-order valence-electron chi connectivity index (χ4n) is 2.40. The highest BCUT2D eigenvalue weighted by atomic mass is 35.5. The van der Waals surface area contributed by atoms with Gasteiger partial charge in [0.15, 0.2) is 0 Å². The second-order valence-electron chi connectivity index (χ2n) is 5.22. The maximum atomic E-state index is 12.1. The van der Waals surface area contributed by atoms with Gasteiger partial charge in [-0.1, -0.05) is 11.6 Å². The average molecular weight is 333 g/mol. The van der Waals surface area contributed by atoms with E-state index in [4.69, 9.17) is 11.6 Å². The Bertz CT molecular complexity index is 643. The number of anilines is 2. The highest BCUT2D eigenvalue weighted by molar-refractivity contribution is 6.30. The lowest BCUT2D eigenvalue weighted by Gasteiger charge is -2.34. The molecule has 0 radical (unpaired) electrons. The monoisotopic (exact) mass is 332 g/mol.